The molecular formula is C25H38N4O2S2. The molecular weight excluding hydrogens is 452 g/mol. The van der Waals surface area contributed by atoms with Gasteiger partial charge >= 0.3 is 0 Å². The zero-order chi connectivity index (χ0) is 23.1. The van der Waals surface area contributed by atoms with Crippen molar-refractivity contribution in [2.45, 2.75) is 63.0 Å². The van der Waals surface area contributed by atoms with Gasteiger partial charge in [0.1, 0.15) is 0 Å². The smallest absolute Gasteiger partial charge is 0.223 e. The van der Waals surface area contributed by atoms with E-state index in [1.54, 1.807) is 0 Å². The highest BCUT2D eigenvalue weighted by Gasteiger charge is 2.15. The van der Waals surface area contributed by atoms with E-state index >= 15 is 0 Å². The van der Waals surface area contributed by atoms with E-state index in [0.717, 1.165) is 42.3 Å². The van der Waals surface area contributed by atoms with E-state index in [2.05, 4.69) is 32.7 Å². The molecule has 3 rings (SSSR count). The lowest BCUT2D eigenvalue weighted by atomic mass is 10.1. The van der Waals surface area contributed by atoms with Gasteiger partial charge in [-0.1, -0.05) is 46.2 Å². The summed E-state index contributed by atoms with van der Waals surface area (Å²) in [6.07, 6.45) is 14.8. The number of nitrogens with one attached hydrogen (secondary N) is 2. The molecule has 0 aromatic carbocycles. The van der Waals surface area contributed by atoms with Crippen LogP contribution in [0, 0.1) is 0 Å². The molecule has 1 aromatic heterocycles. The molecule has 2 amide bonds. The first-order valence-electron chi connectivity index (χ1n) is 12.3. The largest absolute Gasteiger partial charge is 0.354 e. The molecule has 1 unspecified atom stereocenters. The van der Waals surface area contributed by atoms with Crippen LogP contribution in [0.5, 0.6) is 0 Å². The van der Waals surface area contributed by atoms with Gasteiger partial charge in [-0.05, 0) is 56.8 Å². The number of carbonyl (C=O) groups is 2. The van der Waals surface area contributed by atoms with E-state index in [0.29, 0.717) is 25.9 Å². The molecule has 2 saturated heterocycles. The van der Waals surface area contributed by atoms with Crippen LogP contribution in [0.4, 0.5) is 0 Å². The summed E-state index contributed by atoms with van der Waals surface area (Å²) in [5, 5.41) is 6.52. The van der Waals surface area contributed by atoms with Gasteiger partial charge in [0.25, 0.3) is 0 Å². The average Bonchev–Trinajstić information content (AvgIpc) is 3.53. The highest BCUT2D eigenvalue weighted by Crippen LogP contribution is 2.39. The molecule has 33 heavy (non-hydrogen) atoms. The van der Waals surface area contributed by atoms with Crippen LogP contribution in [0.15, 0.2) is 24.4 Å². The van der Waals surface area contributed by atoms with Crippen LogP contribution in [0.1, 0.15) is 62.6 Å². The van der Waals surface area contributed by atoms with E-state index in [1.807, 2.05) is 39.9 Å². The van der Waals surface area contributed by atoms with Crippen molar-refractivity contribution < 1.29 is 9.59 Å². The summed E-state index contributed by atoms with van der Waals surface area (Å²) in [4.78, 5) is 30.9. The number of hydrogen-bond acceptors (Lipinski definition) is 6. The number of rotatable bonds is 14. The number of unbranched alkanes of at least 4 members (excludes halogenated alkanes) is 1. The van der Waals surface area contributed by atoms with Gasteiger partial charge in [0, 0.05) is 61.8 Å². The fourth-order valence-corrected chi connectivity index (χ4v) is 7.08. The van der Waals surface area contributed by atoms with E-state index in [1.165, 1.54) is 44.5 Å². The second-order valence-corrected chi connectivity index (χ2v) is 11.6. The van der Waals surface area contributed by atoms with E-state index in [9.17, 15) is 9.59 Å². The third-order valence-corrected chi connectivity index (χ3v) is 9.03. The molecule has 0 aliphatic carbocycles. The highest BCUT2D eigenvalue weighted by atomic mass is 33.1. The Kier molecular flexibility index (Phi) is 12.2. The van der Waals surface area contributed by atoms with Gasteiger partial charge in [-0.15, -0.1) is 0 Å². The van der Waals surface area contributed by atoms with Crippen molar-refractivity contribution in [3.8, 4) is 0 Å². The maximum Gasteiger partial charge on any atom is 0.223 e. The quantitative estimate of drug-likeness (QED) is 0.303. The van der Waals surface area contributed by atoms with Crippen LogP contribution in [-0.4, -0.2) is 65.4 Å². The molecule has 2 aliphatic rings. The van der Waals surface area contributed by atoms with Gasteiger partial charge in [-0.25, -0.2) is 0 Å². The summed E-state index contributed by atoms with van der Waals surface area (Å²) in [5.41, 5.74) is 2.12. The Balaban J connectivity index is 1.18. The van der Waals surface area contributed by atoms with Crippen molar-refractivity contribution in [2.24, 2.45) is 0 Å². The van der Waals surface area contributed by atoms with Crippen LogP contribution in [0.3, 0.4) is 0 Å². The van der Waals surface area contributed by atoms with Crippen LogP contribution in [0.25, 0.3) is 6.08 Å². The van der Waals surface area contributed by atoms with Crippen LogP contribution < -0.4 is 10.6 Å². The van der Waals surface area contributed by atoms with Crippen molar-refractivity contribution in [2.75, 3.05) is 38.5 Å². The molecule has 8 heteroatoms. The molecule has 0 radical (unpaired) electrons. The summed E-state index contributed by atoms with van der Waals surface area (Å²) in [6, 6.07) is 4.13. The Labute approximate surface area is 206 Å². The third kappa shape index (κ3) is 11.0. The molecule has 2 fully saturated rings. The highest BCUT2D eigenvalue weighted by molar-refractivity contribution is 8.77. The van der Waals surface area contributed by atoms with E-state index in [-0.39, 0.29) is 11.8 Å². The molecule has 3 heterocycles. The van der Waals surface area contributed by atoms with Gasteiger partial charge in [0.2, 0.25) is 11.8 Å². The number of hydrogen-bond donors (Lipinski definition) is 2. The van der Waals surface area contributed by atoms with Crippen molar-refractivity contribution >= 4 is 39.5 Å². The normalized spacial score (nSPS) is 18.7. The van der Waals surface area contributed by atoms with Gasteiger partial charge < -0.3 is 15.5 Å². The molecule has 6 nitrogen and oxygen atoms in total. The standard InChI is InChI=1S/C25H38N4O2S2/c30-24(8-2-1-7-23-13-19-32-33-23)26-14-15-27-25(31)9-5-6-21-10-11-22(28-20-21)12-18-29-16-3-4-17-29/h5-6,10-11,20,23H,1-4,7-9,12-19H2,(H,26,30)(H,27,31). The van der Waals surface area contributed by atoms with E-state index < -0.39 is 0 Å². The Bertz CT molecular complexity index is 745. The Hall–Kier alpha value is -1.51. The third-order valence-electron chi connectivity index (χ3n) is 6.02. The summed E-state index contributed by atoms with van der Waals surface area (Å²) in [6.45, 7) is 4.46. The van der Waals surface area contributed by atoms with Crippen LogP contribution in [0.2, 0.25) is 0 Å². The maximum atomic E-state index is 12.0. The number of aromatic nitrogens is 1. The molecule has 2 N–H and O–H groups in total. The van der Waals surface area contributed by atoms with E-state index in [4.69, 9.17) is 0 Å². The van der Waals surface area contributed by atoms with Gasteiger partial charge in [-0.3, -0.25) is 14.6 Å². The van der Waals surface area contributed by atoms with Crippen molar-refractivity contribution in [3.05, 3.63) is 35.7 Å². The zero-order valence-corrected chi connectivity index (χ0v) is 21.2. The average molecular weight is 491 g/mol. The SMILES string of the molecule is O=C(CC=Cc1ccc(CCN2CCCC2)nc1)NCCNC(=O)CCCCC1CCSS1. The summed E-state index contributed by atoms with van der Waals surface area (Å²) in [5.74, 6) is 1.30. The predicted molar refractivity (Wildman–Crippen MR) is 140 cm³/mol. The fraction of sp³-hybridized carbons (Fsp3) is 0.640. The molecule has 1 atom stereocenters. The molecule has 0 bridgehead atoms. The minimum absolute atomic E-state index is 0.0392. The van der Waals surface area contributed by atoms with Gasteiger partial charge in [0.05, 0.1) is 0 Å². The first-order valence-corrected chi connectivity index (χ1v) is 14.7. The number of pyridine rings is 1. The molecule has 2 aliphatic heterocycles. The first kappa shape index (κ1) is 26.1. The van der Waals surface area contributed by atoms with Crippen LogP contribution in [-0.2, 0) is 16.0 Å². The Morgan fingerprint density at radius 3 is 2.67 bits per heavy atom. The zero-order valence-electron chi connectivity index (χ0n) is 19.6. The fourth-order valence-electron chi connectivity index (χ4n) is 4.05. The maximum absolute atomic E-state index is 12.0. The Morgan fingerprint density at radius 1 is 1.12 bits per heavy atom. The molecule has 1 aromatic rings. The second kappa shape index (κ2) is 15.4. The monoisotopic (exact) mass is 490 g/mol. The minimum atomic E-state index is -0.0392. The number of amides is 2. The van der Waals surface area contributed by atoms with Gasteiger partial charge in [0.15, 0.2) is 0 Å². The summed E-state index contributed by atoms with van der Waals surface area (Å²) in [7, 11) is 3.96. The number of carbonyl (C=O) groups excluding carboxylic acids is 2. The lowest BCUT2D eigenvalue weighted by Gasteiger charge is -2.13. The predicted octanol–water partition coefficient (Wildman–Crippen LogP) is 4.07. The number of likely N-dealkylation sites (tertiary alicyclic amines) is 1. The summed E-state index contributed by atoms with van der Waals surface area (Å²) < 4.78 is 0. The van der Waals surface area contributed by atoms with Crippen molar-refractivity contribution in [1.82, 2.24) is 20.5 Å². The van der Waals surface area contributed by atoms with Crippen LogP contribution >= 0.6 is 21.6 Å². The minimum Gasteiger partial charge on any atom is -0.354 e. The lowest BCUT2D eigenvalue weighted by Crippen LogP contribution is -2.34. The molecule has 0 saturated carbocycles. The lowest BCUT2D eigenvalue weighted by molar-refractivity contribution is -0.122. The molecule has 182 valence electrons. The van der Waals surface area contributed by atoms with Crippen molar-refractivity contribution in [3.63, 3.8) is 0 Å². The topological polar surface area (TPSA) is 74.3 Å². The first-order chi connectivity index (χ1) is 16.2. The van der Waals surface area contributed by atoms with Crippen molar-refractivity contribution in [1.29, 1.82) is 0 Å². The summed E-state index contributed by atoms with van der Waals surface area (Å²) >= 11 is 0. The second-order valence-electron chi connectivity index (χ2n) is 8.76. The van der Waals surface area contributed by atoms with Gasteiger partial charge in [-0.2, -0.15) is 0 Å². The number of nitrogens with zero attached hydrogens (tertiary/aromatic N) is 2. The Morgan fingerprint density at radius 2 is 1.94 bits per heavy atom. The molecule has 0 spiro atoms.